The normalized spacial score (nSPS) is 20.1. The summed E-state index contributed by atoms with van der Waals surface area (Å²) in [6, 6.07) is 10.4. The number of hydrogen-bond donors (Lipinski definition) is 0. The van der Waals surface area contributed by atoms with Crippen molar-refractivity contribution in [3.63, 3.8) is 0 Å². The molecule has 0 aliphatic carbocycles. The zero-order chi connectivity index (χ0) is 35.7. The van der Waals surface area contributed by atoms with Gasteiger partial charge in [-0.1, -0.05) is 55.8 Å². The lowest BCUT2D eigenvalue weighted by atomic mass is 9.86. The third-order valence-corrected chi connectivity index (χ3v) is 8.94. The standard InChI is InChI=1S/C36H49ClN6O6/c1-23(2)27-20-38-43-30(19-29(37)39-31(27)43)42(34(46)49-36(6,7)8)26-15-17-41(33(45)48-35(3,4)5)28(18-26)25-14-16-40(21-25)32(44)47-22-24-12-10-9-11-13-24/h9-13,19-20,23,25-26,28H,14-18,21-22H2,1-8H3. The quantitative estimate of drug-likeness (QED) is 0.190. The smallest absolute Gasteiger partial charge is 0.416 e. The summed E-state index contributed by atoms with van der Waals surface area (Å²) in [4.78, 5) is 50.6. The number of halogens is 1. The van der Waals surface area contributed by atoms with Crippen molar-refractivity contribution in [2.75, 3.05) is 24.5 Å². The Morgan fingerprint density at radius 1 is 0.980 bits per heavy atom. The first kappa shape index (κ1) is 36.2. The van der Waals surface area contributed by atoms with Gasteiger partial charge >= 0.3 is 18.3 Å². The molecule has 0 bridgehead atoms. The van der Waals surface area contributed by atoms with E-state index in [1.54, 1.807) is 31.5 Å². The zero-order valence-corrected chi connectivity index (χ0v) is 30.6. The monoisotopic (exact) mass is 696 g/mol. The van der Waals surface area contributed by atoms with Crippen LogP contribution in [0.5, 0.6) is 0 Å². The van der Waals surface area contributed by atoms with Crippen LogP contribution in [0.3, 0.4) is 0 Å². The van der Waals surface area contributed by atoms with Crippen molar-refractivity contribution in [1.82, 2.24) is 24.4 Å². The Morgan fingerprint density at radius 3 is 2.33 bits per heavy atom. The molecule has 5 rings (SSSR count). The highest BCUT2D eigenvalue weighted by Gasteiger charge is 2.45. The van der Waals surface area contributed by atoms with Crippen LogP contribution < -0.4 is 4.90 Å². The van der Waals surface area contributed by atoms with Gasteiger partial charge in [0.05, 0.1) is 6.20 Å². The van der Waals surface area contributed by atoms with Gasteiger partial charge in [0, 0.05) is 43.3 Å². The van der Waals surface area contributed by atoms with Crippen LogP contribution in [0, 0.1) is 5.92 Å². The van der Waals surface area contributed by atoms with E-state index in [-0.39, 0.29) is 29.6 Å². The second kappa shape index (κ2) is 14.4. The number of rotatable bonds is 6. The molecular weight excluding hydrogens is 648 g/mol. The molecule has 4 heterocycles. The van der Waals surface area contributed by atoms with Crippen molar-refractivity contribution in [2.45, 2.75) is 110 Å². The molecule has 49 heavy (non-hydrogen) atoms. The summed E-state index contributed by atoms with van der Waals surface area (Å²) in [5.74, 6) is 0.471. The Morgan fingerprint density at radius 2 is 1.67 bits per heavy atom. The molecule has 3 unspecified atom stereocenters. The number of ether oxygens (including phenoxy) is 3. The predicted octanol–water partition coefficient (Wildman–Crippen LogP) is 7.67. The lowest BCUT2D eigenvalue weighted by Gasteiger charge is -2.45. The highest BCUT2D eigenvalue weighted by atomic mass is 35.5. The predicted molar refractivity (Wildman–Crippen MR) is 187 cm³/mol. The largest absolute Gasteiger partial charge is 0.445 e. The van der Waals surface area contributed by atoms with Crippen LogP contribution in [-0.4, -0.2) is 85.6 Å². The summed E-state index contributed by atoms with van der Waals surface area (Å²) in [6.07, 6.45) is 1.90. The van der Waals surface area contributed by atoms with E-state index >= 15 is 0 Å². The average Bonchev–Trinajstić information content (AvgIpc) is 3.67. The molecule has 13 heteroatoms. The molecule has 0 radical (unpaired) electrons. The van der Waals surface area contributed by atoms with Crippen molar-refractivity contribution >= 4 is 41.3 Å². The molecule has 3 aromatic rings. The second-order valence-electron chi connectivity index (χ2n) is 15.2. The summed E-state index contributed by atoms with van der Waals surface area (Å²) >= 11 is 6.60. The Bertz CT molecular complexity index is 1650. The molecule has 3 atom stereocenters. The lowest BCUT2D eigenvalue weighted by Crippen LogP contribution is -2.57. The van der Waals surface area contributed by atoms with Gasteiger partial charge in [-0.05, 0) is 78.2 Å². The van der Waals surface area contributed by atoms with E-state index in [0.717, 1.165) is 11.1 Å². The molecule has 266 valence electrons. The highest BCUT2D eigenvalue weighted by Crippen LogP contribution is 2.37. The van der Waals surface area contributed by atoms with Crippen molar-refractivity contribution in [3.8, 4) is 0 Å². The van der Waals surface area contributed by atoms with Gasteiger partial charge in [0.25, 0.3) is 0 Å². The number of anilines is 1. The van der Waals surface area contributed by atoms with Crippen LogP contribution in [-0.2, 0) is 20.8 Å². The molecule has 2 aromatic heterocycles. The molecule has 2 saturated heterocycles. The van der Waals surface area contributed by atoms with E-state index in [9.17, 15) is 14.4 Å². The minimum Gasteiger partial charge on any atom is -0.445 e. The van der Waals surface area contributed by atoms with Crippen LogP contribution in [0.25, 0.3) is 5.65 Å². The van der Waals surface area contributed by atoms with E-state index in [1.807, 2.05) is 85.7 Å². The number of piperidine rings is 1. The summed E-state index contributed by atoms with van der Waals surface area (Å²) < 4.78 is 19.1. The molecule has 0 saturated carbocycles. The maximum absolute atomic E-state index is 14.1. The first-order valence-corrected chi connectivity index (χ1v) is 17.4. The minimum absolute atomic E-state index is 0.0848. The highest BCUT2D eigenvalue weighted by molar-refractivity contribution is 6.29. The van der Waals surface area contributed by atoms with Gasteiger partial charge in [-0.25, -0.2) is 19.4 Å². The number of likely N-dealkylation sites (tertiary alicyclic amines) is 2. The third-order valence-electron chi connectivity index (χ3n) is 8.75. The van der Waals surface area contributed by atoms with Gasteiger partial charge in [0.2, 0.25) is 0 Å². The van der Waals surface area contributed by atoms with Gasteiger partial charge in [0.1, 0.15) is 28.8 Å². The number of carbonyl (C=O) groups is 3. The zero-order valence-electron chi connectivity index (χ0n) is 29.8. The number of amides is 3. The molecule has 1 aromatic carbocycles. The Balaban J connectivity index is 1.46. The Labute approximate surface area is 293 Å². The number of aromatic nitrogens is 3. The summed E-state index contributed by atoms with van der Waals surface area (Å²) in [6.45, 7) is 16.5. The molecule has 0 N–H and O–H groups in total. The molecule has 3 amide bonds. The van der Waals surface area contributed by atoms with Crippen molar-refractivity contribution in [2.24, 2.45) is 5.92 Å². The number of carbonyl (C=O) groups excluding carboxylic acids is 3. The maximum Gasteiger partial charge on any atom is 0.416 e. The maximum atomic E-state index is 14.1. The van der Waals surface area contributed by atoms with Crippen LogP contribution in [0.2, 0.25) is 5.15 Å². The lowest BCUT2D eigenvalue weighted by molar-refractivity contribution is -0.000734. The van der Waals surface area contributed by atoms with Crippen LogP contribution in [0.4, 0.5) is 20.2 Å². The fourth-order valence-electron chi connectivity index (χ4n) is 6.54. The minimum atomic E-state index is -0.777. The first-order valence-electron chi connectivity index (χ1n) is 17.0. The van der Waals surface area contributed by atoms with Gasteiger partial charge in [-0.3, -0.25) is 4.90 Å². The number of fused-ring (bicyclic) bond motifs is 1. The van der Waals surface area contributed by atoms with Gasteiger partial charge in [-0.15, -0.1) is 0 Å². The van der Waals surface area contributed by atoms with Crippen LogP contribution in [0.1, 0.15) is 91.7 Å². The number of nitrogens with zero attached hydrogens (tertiary/aromatic N) is 6. The van der Waals surface area contributed by atoms with Crippen LogP contribution >= 0.6 is 11.6 Å². The molecule has 2 fully saturated rings. The second-order valence-corrected chi connectivity index (χ2v) is 15.6. The van der Waals surface area contributed by atoms with Crippen molar-refractivity contribution in [3.05, 3.63) is 58.9 Å². The summed E-state index contributed by atoms with van der Waals surface area (Å²) in [5.41, 5.74) is 0.895. The van der Waals surface area contributed by atoms with Gasteiger partial charge in [0.15, 0.2) is 5.65 Å². The average molecular weight is 697 g/mol. The number of hydrogen-bond acceptors (Lipinski definition) is 8. The molecule has 2 aliphatic heterocycles. The van der Waals surface area contributed by atoms with Gasteiger partial charge in [-0.2, -0.15) is 9.61 Å². The summed E-state index contributed by atoms with van der Waals surface area (Å²) in [5, 5.41) is 4.85. The van der Waals surface area contributed by atoms with E-state index in [2.05, 4.69) is 10.1 Å². The summed E-state index contributed by atoms with van der Waals surface area (Å²) in [7, 11) is 0. The van der Waals surface area contributed by atoms with Gasteiger partial charge < -0.3 is 24.0 Å². The third kappa shape index (κ3) is 8.76. The molecular formula is C36H49ClN6O6. The van der Waals surface area contributed by atoms with E-state index in [1.165, 1.54) is 0 Å². The van der Waals surface area contributed by atoms with E-state index in [0.29, 0.717) is 50.4 Å². The van der Waals surface area contributed by atoms with Crippen molar-refractivity contribution < 1.29 is 28.6 Å². The molecule has 12 nitrogen and oxygen atoms in total. The molecule has 0 spiro atoms. The fourth-order valence-corrected chi connectivity index (χ4v) is 6.72. The first-order chi connectivity index (χ1) is 23.0. The van der Waals surface area contributed by atoms with Crippen LogP contribution in [0.15, 0.2) is 42.6 Å². The molecule has 2 aliphatic rings. The Kier molecular flexibility index (Phi) is 10.7. The Hall–Kier alpha value is -4.06. The van der Waals surface area contributed by atoms with Crippen molar-refractivity contribution in [1.29, 1.82) is 0 Å². The topological polar surface area (TPSA) is 119 Å². The SMILES string of the molecule is CC(C)c1cnn2c(N(C(=O)OC(C)(C)C)C3CCN(C(=O)OC(C)(C)C)C(C4CCN(C(=O)OCc5ccccc5)C4)C3)cc(Cl)nc12. The van der Waals surface area contributed by atoms with E-state index in [4.69, 9.17) is 25.8 Å². The number of benzene rings is 1. The fraction of sp³-hybridized carbons (Fsp3) is 0.583. The van der Waals surface area contributed by atoms with E-state index < -0.39 is 35.5 Å².